The number of nitrogens with two attached hydrogens (primary N) is 1. The molecule has 1 aliphatic rings. The van der Waals surface area contributed by atoms with Crippen LogP contribution in [0.5, 0.6) is 0 Å². The Morgan fingerprint density at radius 1 is 1.33 bits per heavy atom. The molecule has 1 aromatic carbocycles. The maximum atomic E-state index is 6.32. The van der Waals surface area contributed by atoms with E-state index in [0.717, 1.165) is 17.8 Å². The second-order valence-corrected chi connectivity index (χ2v) is 4.71. The molecule has 0 bridgehead atoms. The van der Waals surface area contributed by atoms with E-state index in [1.54, 1.807) is 4.68 Å². The summed E-state index contributed by atoms with van der Waals surface area (Å²) in [6, 6.07) is 9.91. The third kappa shape index (κ3) is 1.81. The van der Waals surface area contributed by atoms with Crippen molar-refractivity contribution in [3.8, 4) is 11.4 Å². The van der Waals surface area contributed by atoms with Gasteiger partial charge >= 0.3 is 0 Å². The first-order valence-electron chi connectivity index (χ1n) is 6.03. The number of hydrogen-bond acceptors (Lipinski definition) is 4. The standard InChI is InChI=1S/C13H16N4O/c1-17-12(13(14)7-8-18-9-13)15-11(16-17)10-5-3-2-4-6-10/h2-6H,7-9,14H2,1H3. The highest BCUT2D eigenvalue weighted by atomic mass is 16.5. The second kappa shape index (κ2) is 4.19. The molecular formula is C13H16N4O. The fraction of sp³-hybridized carbons (Fsp3) is 0.385. The molecule has 1 aromatic heterocycles. The Kier molecular flexibility index (Phi) is 2.65. The number of rotatable bonds is 2. The van der Waals surface area contributed by atoms with E-state index in [0.29, 0.717) is 19.0 Å². The Labute approximate surface area is 106 Å². The molecule has 94 valence electrons. The molecule has 0 amide bonds. The molecule has 0 aliphatic carbocycles. The first kappa shape index (κ1) is 11.4. The third-order valence-corrected chi connectivity index (χ3v) is 3.29. The average Bonchev–Trinajstić information content (AvgIpc) is 2.98. The van der Waals surface area contributed by atoms with Gasteiger partial charge in [-0.15, -0.1) is 0 Å². The van der Waals surface area contributed by atoms with Crippen LogP contribution in [0.15, 0.2) is 30.3 Å². The van der Waals surface area contributed by atoms with E-state index in [1.165, 1.54) is 0 Å². The quantitative estimate of drug-likeness (QED) is 0.857. The summed E-state index contributed by atoms with van der Waals surface area (Å²) in [7, 11) is 1.88. The summed E-state index contributed by atoms with van der Waals surface area (Å²) in [5.41, 5.74) is 6.82. The van der Waals surface area contributed by atoms with Crippen LogP contribution in [0.2, 0.25) is 0 Å². The largest absolute Gasteiger partial charge is 0.379 e. The molecule has 5 nitrogen and oxygen atoms in total. The lowest BCUT2D eigenvalue weighted by atomic mass is 9.99. The van der Waals surface area contributed by atoms with Crippen molar-refractivity contribution in [3.05, 3.63) is 36.2 Å². The van der Waals surface area contributed by atoms with Crippen LogP contribution >= 0.6 is 0 Å². The van der Waals surface area contributed by atoms with Gasteiger partial charge in [0, 0.05) is 19.2 Å². The molecule has 0 spiro atoms. The van der Waals surface area contributed by atoms with Crippen LogP contribution in [0, 0.1) is 0 Å². The first-order valence-corrected chi connectivity index (χ1v) is 6.03. The van der Waals surface area contributed by atoms with E-state index >= 15 is 0 Å². The van der Waals surface area contributed by atoms with Crippen molar-refractivity contribution in [2.75, 3.05) is 13.2 Å². The molecule has 5 heteroatoms. The van der Waals surface area contributed by atoms with Crippen LogP contribution in [0.4, 0.5) is 0 Å². The molecule has 1 aliphatic heterocycles. The zero-order valence-corrected chi connectivity index (χ0v) is 10.3. The molecule has 2 aromatic rings. The number of aryl methyl sites for hydroxylation is 1. The molecule has 3 rings (SSSR count). The van der Waals surface area contributed by atoms with Crippen LogP contribution in [0.25, 0.3) is 11.4 Å². The van der Waals surface area contributed by atoms with Crippen molar-refractivity contribution in [2.24, 2.45) is 12.8 Å². The van der Waals surface area contributed by atoms with Crippen LogP contribution < -0.4 is 5.73 Å². The molecule has 2 heterocycles. The van der Waals surface area contributed by atoms with Crippen LogP contribution in [0.1, 0.15) is 12.2 Å². The van der Waals surface area contributed by atoms with E-state index in [1.807, 2.05) is 37.4 Å². The predicted molar refractivity (Wildman–Crippen MR) is 67.7 cm³/mol. The molecule has 0 radical (unpaired) electrons. The SMILES string of the molecule is Cn1nc(-c2ccccc2)nc1C1(N)CCOC1. The molecular weight excluding hydrogens is 228 g/mol. The Balaban J connectivity index is 2.01. The summed E-state index contributed by atoms with van der Waals surface area (Å²) in [5, 5.41) is 4.44. The van der Waals surface area contributed by atoms with Crippen molar-refractivity contribution in [3.63, 3.8) is 0 Å². The maximum Gasteiger partial charge on any atom is 0.181 e. The average molecular weight is 244 g/mol. The van der Waals surface area contributed by atoms with Crippen LogP contribution in [-0.2, 0) is 17.3 Å². The highest BCUT2D eigenvalue weighted by Gasteiger charge is 2.37. The molecule has 2 N–H and O–H groups in total. The van der Waals surface area contributed by atoms with Gasteiger partial charge < -0.3 is 10.5 Å². The predicted octanol–water partition coefficient (Wildman–Crippen LogP) is 1.06. The second-order valence-electron chi connectivity index (χ2n) is 4.71. The lowest BCUT2D eigenvalue weighted by molar-refractivity contribution is 0.175. The molecule has 18 heavy (non-hydrogen) atoms. The molecule has 1 saturated heterocycles. The van der Waals surface area contributed by atoms with Gasteiger partial charge in [0.15, 0.2) is 5.82 Å². The summed E-state index contributed by atoms with van der Waals surface area (Å²) in [4.78, 5) is 4.58. The zero-order valence-electron chi connectivity index (χ0n) is 10.3. The summed E-state index contributed by atoms with van der Waals surface area (Å²) >= 11 is 0. The highest BCUT2D eigenvalue weighted by Crippen LogP contribution is 2.27. The summed E-state index contributed by atoms with van der Waals surface area (Å²) < 4.78 is 7.14. The molecule has 1 atom stereocenters. The van der Waals surface area contributed by atoms with Crippen molar-refractivity contribution in [2.45, 2.75) is 12.0 Å². The van der Waals surface area contributed by atoms with Crippen molar-refractivity contribution in [1.29, 1.82) is 0 Å². The fourth-order valence-corrected chi connectivity index (χ4v) is 2.28. The Bertz CT molecular complexity index is 543. The van der Waals surface area contributed by atoms with Gasteiger partial charge in [-0.1, -0.05) is 30.3 Å². The number of hydrogen-bond donors (Lipinski definition) is 1. The van der Waals surface area contributed by atoms with Gasteiger partial charge in [-0.05, 0) is 6.42 Å². The minimum absolute atomic E-state index is 0.505. The molecule has 1 fully saturated rings. The van der Waals surface area contributed by atoms with Crippen LogP contribution in [-0.4, -0.2) is 28.0 Å². The Morgan fingerprint density at radius 2 is 2.11 bits per heavy atom. The topological polar surface area (TPSA) is 66.0 Å². The summed E-state index contributed by atoms with van der Waals surface area (Å²) in [6.45, 7) is 1.19. The first-order chi connectivity index (χ1) is 8.69. The molecule has 0 saturated carbocycles. The van der Waals surface area contributed by atoms with E-state index in [-0.39, 0.29) is 0 Å². The van der Waals surface area contributed by atoms with Crippen LogP contribution in [0.3, 0.4) is 0 Å². The van der Waals surface area contributed by atoms with Crippen molar-refractivity contribution >= 4 is 0 Å². The number of nitrogens with zero attached hydrogens (tertiary/aromatic N) is 3. The van der Waals surface area contributed by atoms with Gasteiger partial charge in [-0.3, -0.25) is 4.68 Å². The van der Waals surface area contributed by atoms with E-state index in [2.05, 4.69) is 10.1 Å². The van der Waals surface area contributed by atoms with Gasteiger partial charge in [0.05, 0.1) is 6.61 Å². The minimum Gasteiger partial charge on any atom is -0.379 e. The van der Waals surface area contributed by atoms with Gasteiger partial charge in [0.2, 0.25) is 0 Å². The van der Waals surface area contributed by atoms with E-state index in [4.69, 9.17) is 10.5 Å². The number of ether oxygens (including phenoxy) is 1. The smallest absolute Gasteiger partial charge is 0.181 e. The summed E-state index contributed by atoms with van der Waals surface area (Å²) in [6.07, 6.45) is 0.785. The molecule has 1 unspecified atom stereocenters. The monoisotopic (exact) mass is 244 g/mol. The fourth-order valence-electron chi connectivity index (χ4n) is 2.28. The number of aromatic nitrogens is 3. The summed E-state index contributed by atoms with van der Waals surface area (Å²) in [5.74, 6) is 1.50. The van der Waals surface area contributed by atoms with E-state index < -0.39 is 5.54 Å². The van der Waals surface area contributed by atoms with Crippen molar-refractivity contribution in [1.82, 2.24) is 14.8 Å². The zero-order chi connectivity index (χ0) is 12.6. The third-order valence-electron chi connectivity index (χ3n) is 3.29. The minimum atomic E-state index is -0.505. The van der Waals surface area contributed by atoms with Gasteiger partial charge in [0.1, 0.15) is 11.4 Å². The van der Waals surface area contributed by atoms with E-state index in [9.17, 15) is 0 Å². The lowest BCUT2D eigenvalue weighted by Crippen LogP contribution is -2.39. The highest BCUT2D eigenvalue weighted by molar-refractivity contribution is 5.54. The van der Waals surface area contributed by atoms with Gasteiger partial charge in [-0.2, -0.15) is 5.10 Å². The normalized spacial score (nSPS) is 23.4. The number of benzene rings is 1. The maximum absolute atomic E-state index is 6.32. The van der Waals surface area contributed by atoms with Crippen molar-refractivity contribution < 1.29 is 4.74 Å². The Morgan fingerprint density at radius 3 is 2.78 bits per heavy atom. The Hall–Kier alpha value is -1.72. The van der Waals surface area contributed by atoms with Gasteiger partial charge in [-0.25, -0.2) is 4.98 Å². The van der Waals surface area contributed by atoms with Gasteiger partial charge in [0.25, 0.3) is 0 Å². The lowest BCUT2D eigenvalue weighted by Gasteiger charge is -2.19.